The lowest BCUT2D eigenvalue weighted by Crippen LogP contribution is -2.54. The minimum atomic E-state index is -0.849. The molecule has 0 unspecified atom stereocenters. The average molecular weight is 379 g/mol. The fourth-order valence-corrected chi connectivity index (χ4v) is 2.84. The molecule has 1 aliphatic rings. The SMILES string of the molecule is Cc1ccc(N2C(=O)NC(=O)C(=Cc3ccc(C)c([N+](=O)[O-])c3)C2=O)cc1C. The molecule has 8 heteroatoms. The predicted molar refractivity (Wildman–Crippen MR) is 103 cm³/mol. The topological polar surface area (TPSA) is 110 Å². The number of urea groups is 1. The Morgan fingerprint density at radius 2 is 1.64 bits per heavy atom. The van der Waals surface area contributed by atoms with E-state index in [0.717, 1.165) is 16.0 Å². The lowest BCUT2D eigenvalue weighted by atomic mass is 10.0. The quantitative estimate of drug-likeness (QED) is 0.381. The van der Waals surface area contributed by atoms with E-state index in [4.69, 9.17) is 0 Å². The highest BCUT2D eigenvalue weighted by atomic mass is 16.6. The summed E-state index contributed by atoms with van der Waals surface area (Å²) in [7, 11) is 0. The summed E-state index contributed by atoms with van der Waals surface area (Å²) in [5.74, 6) is -1.64. The number of barbiturate groups is 1. The van der Waals surface area contributed by atoms with E-state index < -0.39 is 22.8 Å². The second kappa shape index (κ2) is 7.07. The number of hydrogen-bond acceptors (Lipinski definition) is 5. The number of nitro groups is 1. The number of anilines is 1. The van der Waals surface area contributed by atoms with Crippen LogP contribution in [0, 0.1) is 30.9 Å². The van der Waals surface area contributed by atoms with Crippen LogP contribution < -0.4 is 10.2 Å². The highest BCUT2D eigenvalue weighted by Crippen LogP contribution is 2.25. The van der Waals surface area contributed by atoms with Crippen molar-refractivity contribution in [3.63, 3.8) is 0 Å². The van der Waals surface area contributed by atoms with Crippen molar-refractivity contribution in [2.24, 2.45) is 0 Å². The Hall–Kier alpha value is -3.81. The summed E-state index contributed by atoms with van der Waals surface area (Å²) >= 11 is 0. The second-order valence-electron chi connectivity index (χ2n) is 6.53. The van der Waals surface area contributed by atoms with E-state index in [1.807, 2.05) is 13.8 Å². The van der Waals surface area contributed by atoms with Gasteiger partial charge in [0.15, 0.2) is 0 Å². The molecule has 0 atom stereocenters. The maximum atomic E-state index is 12.9. The molecule has 0 aliphatic carbocycles. The Balaban J connectivity index is 2.05. The normalized spacial score (nSPS) is 15.8. The van der Waals surface area contributed by atoms with Gasteiger partial charge >= 0.3 is 6.03 Å². The summed E-state index contributed by atoms with van der Waals surface area (Å²) in [6, 6.07) is 8.59. The van der Waals surface area contributed by atoms with Gasteiger partial charge < -0.3 is 0 Å². The first-order valence-electron chi connectivity index (χ1n) is 8.43. The first-order valence-corrected chi connectivity index (χ1v) is 8.43. The zero-order valence-corrected chi connectivity index (χ0v) is 15.5. The Morgan fingerprint density at radius 3 is 2.29 bits per heavy atom. The van der Waals surface area contributed by atoms with Crippen LogP contribution in [0.1, 0.15) is 22.3 Å². The van der Waals surface area contributed by atoms with Gasteiger partial charge in [-0.05, 0) is 55.7 Å². The highest BCUT2D eigenvalue weighted by Gasteiger charge is 2.37. The van der Waals surface area contributed by atoms with Crippen LogP contribution in [0.2, 0.25) is 0 Å². The van der Waals surface area contributed by atoms with Gasteiger partial charge in [-0.1, -0.05) is 18.2 Å². The Kier molecular flexibility index (Phi) is 4.79. The molecule has 0 aromatic heterocycles. The highest BCUT2D eigenvalue weighted by molar-refractivity contribution is 6.39. The summed E-state index contributed by atoms with van der Waals surface area (Å²) in [5.41, 5.74) is 2.57. The number of nitrogens with one attached hydrogen (secondary N) is 1. The summed E-state index contributed by atoms with van der Waals surface area (Å²) in [5, 5.41) is 13.3. The van der Waals surface area contributed by atoms with Gasteiger partial charge in [-0.15, -0.1) is 0 Å². The Bertz CT molecular complexity index is 1070. The Morgan fingerprint density at radius 1 is 0.964 bits per heavy atom. The molecule has 2 aromatic carbocycles. The number of benzene rings is 2. The van der Waals surface area contributed by atoms with Crippen molar-refractivity contribution >= 4 is 35.3 Å². The van der Waals surface area contributed by atoms with Gasteiger partial charge in [-0.3, -0.25) is 25.0 Å². The minimum absolute atomic E-state index is 0.125. The van der Waals surface area contributed by atoms with E-state index in [2.05, 4.69) is 5.32 Å². The largest absolute Gasteiger partial charge is 0.335 e. The number of nitro benzene ring substituents is 1. The fourth-order valence-electron chi connectivity index (χ4n) is 2.84. The zero-order valence-electron chi connectivity index (χ0n) is 15.5. The van der Waals surface area contributed by atoms with Crippen molar-refractivity contribution < 1.29 is 19.3 Å². The van der Waals surface area contributed by atoms with E-state index in [-0.39, 0.29) is 11.3 Å². The number of rotatable bonds is 3. The number of hydrogen-bond donors (Lipinski definition) is 1. The molecule has 0 bridgehead atoms. The van der Waals surface area contributed by atoms with Crippen molar-refractivity contribution in [1.82, 2.24) is 5.32 Å². The molecule has 1 fully saturated rings. The van der Waals surface area contributed by atoms with Crippen molar-refractivity contribution in [2.45, 2.75) is 20.8 Å². The van der Waals surface area contributed by atoms with Gasteiger partial charge in [-0.25, -0.2) is 9.69 Å². The van der Waals surface area contributed by atoms with Crippen LogP contribution in [0.5, 0.6) is 0 Å². The minimum Gasteiger partial charge on any atom is -0.273 e. The number of nitrogens with zero attached hydrogens (tertiary/aromatic N) is 2. The zero-order chi connectivity index (χ0) is 20.6. The molecule has 1 aliphatic heterocycles. The lowest BCUT2D eigenvalue weighted by Gasteiger charge is -2.26. The molecular formula is C20H17N3O5. The van der Waals surface area contributed by atoms with E-state index in [1.54, 1.807) is 31.2 Å². The van der Waals surface area contributed by atoms with E-state index in [0.29, 0.717) is 16.8 Å². The van der Waals surface area contributed by atoms with Gasteiger partial charge in [0.05, 0.1) is 10.6 Å². The molecular weight excluding hydrogens is 362 g/mol. The lowest BCUT2D eigenvalue weighted by molar-refractivity contribution is -0.385. The van der Waals surface area contributed by atoms with E-state index >= 15 is 0 Å². The van der Waals surface area contributed by atoms with Crippen LogP contribution in [0.3, 0.4) is 0 Å². The third kappa shape index (κ3) is 3.39. The molecule has 0 spiro atoms. The van der Waals surface area contributed by atoms with E-state index in [1.165, 1.54) is 18.2 Å². The van der Waals surface area contributed by atoms with Crippen molar-refractivity contribution in [3.8, 4) is 0 Å². The number of amides is 4. The first kappa shape index (κ1) is 19.0. The molecule has 8 nitrogen and oxygen atoms in total. The molecule has 28 heavy (non-hydrogen) atoms. The third-order valence-electron chi connectivity index (χ3n) is 4.59. The molecule has 3 rings (SSSR count). The maximum absolute atomic E-state index is 12.9. The molecule has 1 saturated heterocycles. The van der Waals surface area contributed by atoms with Gasteiger partial charge in [0.2, 0.25) is 0 Å². The van der Waals surface area contributed by atoms with Crippen molar-refractivity contribution in [2.75, 3.05) is 4.90 Å². The standard InChI is InChI=1S/C20H17N3O5/c1-11-5-7-15(8-13(11)3)22-19(25)16(18(24)21-20(22)26)9-14-6-4-12(2)17(10-14)23(27)28/h4-10H,1-3H3,(H,21,24,26). The number of imide groups is 2. The molecule has 142 valence electrons. The van der Waals surface area contributed by atoms with Gasteiger partial charge in [0.25, 0.3) is 17.5 Å². The van der Waals surface area contributed by atoms with E-state index in [9.17, 15) is 24.5 Å². The first-order chi connectivity index (χ1) is 13.2. The van der Waals surface area contributed by atoms with Crippen LogP contribution in [-0.4, -0.2) is 22.8 Å². The van der Waals surface area contributed by atoms with Crippen LogP contribution in [0.25, 0.3) is 6.08 Å². The third-order valence-corrected chi connectivity index (χ3v) is 4.59. The predicted octanol–water partition coefficient (Wildman–Crippen LogP) is 3.19. The van der Waals surface area contributed by atoms with Crippen molar-refractivity contribution in [3.05, 3.63) is 74.3 Å². The Labute approximate surface area is 160 Å². The number of carbonyl (C=O) groups is 3. The van der Waals surface area contributed by atoms with Crippen LogP contribution in [0.4, 0.5) is 16.2 Å². The van der Waals surface area contributed by atoms with Crippen molar-refractivity contribution in [1.29, 1.82) is 0 Å². The molecule has 1 N–H and O–H groups in total. The molecule has 2 aromatic rings. The van der Waals surface area contributed by atoms with Crippen LogP contribution in [-0.2, 0) is 9.59 Å². The average Bonchev–Trinajstić information content (AvgIpc) is 2.62. The summed E-state index contributed by atoms with van der Waals surface area (Å²) in [6.07, 6.45) is 1.24. The second-order valence-corrected chi connectivity index (χ2v) is 6.53. The van der Waals surface area contributed by atoms with Gasteiger partial charge in [0.1, 0.15) is 5.57 Å². The van der Waals surface area contributed by atoms with Crippen LogP contribution >= 0.6 is 0 Å². The maximum Gasteiger partial charge on any atom is 0.335 e. The summed E-state index contributed by atoms with van der Waals surface area (Å²) in [4.78, 5) is 48.8. The summed E-state index contributed by atoms with van der Waals surface area (Å²) < 4.78 is 0. The van der Waals surface area contributed by atoms with Gasteiger partial charge in [0, 0.05) is 11.6 Å². The number of aryl methyl sites for hydroxylation is 3. The monoisotopic (exact) mass is 379 g/mol. The molecule has 1 heterocycles. The molecule has 0 saturated carbocycles. The van der Waals surface area contributed by atoms with Gasteiger partial charge in [-0.2, -0.15) is 0 Å². The number of carbonyl (C=O) groups excluding carboxylic acids is 3. The summed E-state index contributed by atoms with van der Waals surface area (Å²) in [6.45, 7) is 5.34. The van der Waals surface area contributed by atoms with Crippen LogP contribution in [0.15, 0.2) is 42.0 Å². The fraction of sp³-hybridized carbons (Fsp3) is 0.150. The smallest absolute Gasteiger partial charge is 0.273 e. The molecule has 0 radical (unpaired) electrons. The molecule has 4 amide bonds.